The fraction of sp³-hybridized carbons (Fsp3) is 0.222. The van der Waals surface area contributed by atoms with Crippen molar-refractivity contribution in [3.8, 4) is 11.5 Å². The molecule has 0 amide bonds. The zero-order chi connectivity index (χ0) is 9.84. The van der Waals surface area contributed by atoms with E-state index >= 15 is 0 Å². The molecule has 0 spiro atoms. The van der Waals surface area contributed by atoms with Crippen LogP contribution in [0.1, 0.15) is 6.92 Å². The Balaban J connectivity index is 3.01. The Kier molecular flexibility index (Phi) is 3.26. The topological polar surface area (TPSA) is 35.5 Å². The van der Waals surface area contributed by atoms with Gasteiger partial charge in [0, 0.05) is 6.92 Å². The molecule has 0 saturated carbocycles. The zero-order valence-electron chi connectivity index (χ0n) is 7.53. The number of carbonyl (C=O) groups excluding carboxylic acids is 1. The van der Waals surface area contributed by atoms with Crippen molar-refractivity contribution >= 4 is 20.5 Å². The van der Waals surface area contributed by atoms with Crippen molar-refractivity contribution < 1.29 is 14.3 Å². The maximum absolute atomic E-state index is 10.7. The van der Waals surface area contributed by atoms with Crippen LogP contribution in [0.15, 0.2) is 18.2 Å². The second kappa shape index (κ2) is 4.24. The number of benzene rings is 1. The van der Waals surface area contributed by atoms with E-state index in [0.717, 1.165) is 5.30 Å². The molecule has 0 aliphatic rings. The Labute approximate surface area is 79.2 Å². The molecule has 0 bridgehead atoms. The lowest BCUT2D eigenvalue weighted by Crippen LogP contribution is -2.05. The molecule has 13 heavy (non-hydrogen) atoms. The summed E-state index contributed by atoms with van der Waals surface area (Å²) < 4.78 is 9.95. The van der Waals surface area contributed by atoms with E-state index in [2.05, 4.69) is 9.24 Å². The van der Waals surface area contributed by atoms with Crippen LogP contribution in [0.5, 0.6) is 11.5 Å². The van der Waals surface area contributed by atoms with Gasteiger partial charge in [0.15, 0.2) is 11.5 Å². The lowest BCUT2D eigenvalue weighted by molar-refractivity contribution is -0.131. The van der Waals surface area contributed by atoms with E-state index in [9.17, 15) is 4.79 Å². The fourth-order valence-electron chi connectivity index (χ4n) is 0.928. The molecule has 4 heteroatoms. The SMILES string of the molecule is COc1ccc(P)cc1OC(C)=O. The normalized spacial score (nSPS) is 9.46. The summed E-state index contributed by atoms with van der Waals surface area (Å²) in [6.07, 6.45) is 0. The lowest BCUT2D eigenvalue weighted by Gasteiger charge is -2.07. The highest BCUT2D eigenvalue weighted by Gasteiger charge is 2.05. The van der Waals surface area contributed by atoms with Crippen molar-refractivity contribution in [1.82, 2.24) is 0 Å². The number of hydrogen-bond donors (Lipinski definition) is 0. The number of ether oxygens (including phenoxy) is 2. The third kappa shape index (κ3) is 2.71. The minimum atomic E-state index is -0.353. The van der Waals surface area contributed by atoms with E-state index in [4.69, 9.17) is 9.47 Å². The summed E-state index contributed by atoms with van der Waals surface area (Å²) in [6.45, 7) is 1.36. The summed E-state index contributed by atoms with van der Waals surface area (Å²) in [4.78, 5) is 10.7. The third-order valence-corrected chi connectivity index (χ3v) is 1.80. The average molecular weight is 198 g/mol. The van der Waals surface area contributed by atoms with Crippen molar-refractivity contribution in [2.75, 3.05) is 7.11 Å². The molecule has 0 heterocycles. The molecule has 1 unspecified atom stereocenters. The van der Waals surface area contributed by atoms with Crippen LogP contribution in [0.4, 0.5) is 0 Å². The first-order chi connectivity index (χ1) is 6.13. The first-order valence-corrected chi connectivity index (χ1v) is 4.33. The summed E-state index contributed by atoms with van der Waals surface area (Å²) in [5, 5.41) is 0.942. The number of carbonyl (C=O) groups is 1. The smallest absolute Gasteiger partial charge is 0.308 e. The molecule has 0 radical (unpaired) electrons. The van der Waals surface area contributed by atoms with E-state index in [1.165, 1.54) is 14.0 Å². The Bertz CT molecular complexity index is 323. The maximum atomic E-state index is 10.7. The van der Waals surface area contributed by atoms with Crippen molar-refractivity contribution in [3.05, 3.63) is 18.2 Å². The van der Waals surface area contributed by atoms with E-state index in [0.29, 0.717) is 11.5 Å². The van der Waals surface area contributed by atoms with Gasteiger partial charge < -0.3 is 9.47 Å². The van der Waals surface area contributed by atoms with Gasteiger partial charge in [-0.1, -0.05) is 6.07 Å². The summed E-state index contributed by atoms with van der Waals surface area (Å²) in [5.74, 6) is 0.651. The predicted molar refractivity (Wildman–Crippen MR) is 53.6 cm³/mol. The van der Waals surface area contributed by atoms with Crippen LogP contribution in [-0.2, 0) is 4.79 Å². The molecule has 0 N–H and O–H groups in total. The predicted octanol–water partition coefficient (Wildman–Crippen LogP) is 1.12. The number of methoxy groups -OCH3 is 1. The van der Waals surface area contributed by atoms with Gasteiger partial charge in [0.1, 0.15) is 0 Å². The van der Waals surface area contributed by atoms with E-state index < -0.39 is 0 Å². The van der Waals surface area contributed by atoms with Crippen LogP contribution in [0.2, 0.25) is 0 Å². The second-order valence-corrected chi connectivity index (χ2v) is 3.17. The molecule has 0 saturated heterocycles. The second-order valence-electron chi connectivity index (χ2n) is 2.50. The summed E-state index contributed by atoms with van der Waals surface area (Å²) in [5.41, 5.74) is 0. The van der Waals surface area contributed by atoms with Gasteiger partial charge in [0.25, 0.3) is 0 Å². The summed E-state index contributed by atoms with van der Waals surface area (Å²) in [7, 11) is 4.05. The molecule has 1 aromatic carbocycles. The highest BCUT2D eigenvalue weighted by molar-refractivity contribution is 7.27. The highest BCUT2D eigenvalue weighted by atomic mass is 31.0. The molecule has 0 fully saturated rings. The molecule has 70 valence electrons. The van der Waals surface area contributed by atoms with Gasteiger partial charge in [0.2, 0.25) is 0 Å². The van der Waals surface area contributed by atoms with Gasteiger partial charge in [-0.3, -0.25) is 4.79 Å². The Morgan fingerprint density at radius 2 is 2.08 bits per heavy atom. The van der Waals surface area contributed by atoms with Crippen molar-refractivity contribution in [1.29, 1.82) is 0 Å². The molecule has 3 nitrogen and oxygen atoms in total. The zero-order valence-corrected chi connectivity index (χ0v) is 8.69. The van der Waals surface area contributed by atoms with Crippen LogP contribution in [0, 0.1) is 0 Å². The molecule has 1 atom stereocenters. The minimum absolute atomic E-state index is 0.353. The maximum Gasteiger partial charge on any atom is 0.308 e. The first-order valence-electron chi connectivity index (χ1n) is 3.75. The largest absolute Gasteiger partial charge is 0.493 e. The summed E-state index contributed by atoms with van der Waals surface area (Å²) >= 11 is 0. The lowest BCUT2D eigenvalue weighted by atomic mass is 10.3. The van der Waals surface area contributed by atoms with Crippen molar-refractivity contribution in [3.63, 3.8) is 0 Å². The van der Waals surface area contributed by atoms with Crippen molar-refractivity contribution in [2.24, 2.45) is 0 Å². The number of hydrogen-bond acceptors (Lipinski definition) is 3. The highest BCUT2D eigenvalue weighted by Crippen LogP contribution is 2.25. The van der Waals surface area contributed by atoms with Crippen LogP contribution in [-0.4, -0.2) is 13.1 Å². The molecule has 0 aromatic heterocycles. The molecule has 0 aliphatic heterocycles. The molecular weight excluding hydrogens is 187 g/mol. The standard InChI is InChI=1S/C9H11O3P/c1-6(10)12-9-5-7(13)3-4-8(9)11-2/h3-5H,13H2,1-2H3. The van der Waals surface area contributed by atoms with Gasteiger partial charge >= 0.3 is 5.97 Å². The Morgan fingerprint density at radius 1 is 1.38 bits per heavy atom. The third-order valence-electron chi connectivity index (χ3n) is 1.44. The van der Waals surface area contributed by atoms with Crippen LogP contribution >= 0.6 is 9.24 Å². The van der Waals surface area contributed by atoms with Gasteiger partial charge in [-0.15, -0.1) is 9.24 Å². The Morgan fingerprint density at radius 3 is 2.62 bits per heavy atom. The van der Waals surface area contributed by atoms with E-state index in [1.54, 1.807) is 12.1 Å². The molecule has 1 rings (SSSR count). The van der Waals surface area contributed by atoms with E-state index in [-0.39, 0.29) is 5.97 Å². The average Bonchev–Trinajstić information content (AvgIpc) is 2.03. The van der Waals surface area contributed by atoms with Crippen LogP contribution in [0.25, 0.3) is 0 Å². The molecule has 0 aliphatic carbocycles. The number of esters is 1. The van der Waals surface area contributed by atoms with Gasteiger partial charge in [-0.25, -0.2) is 0 Å². The van der Waals surface area contributed by atoms with E-state index in [1.807, 2.05) is 6.07 Å². The van der Waals surface area contributed by atoms with Gasteiger partial charge in [0.05, 0.1) is 7.11 Å². The quantitative estimate of drug-likeness (QED) is 0.406. The van der Waals surface area contributed by atoms with Crippen LogP contribution in [0.3, 0.4) is 0 Å². The molecule has 1 aromatic rings. The monoisotopic (exact) mass is 198 g/mol. The Hall–Kier alpha value is -1.08. The first kappa shape index (κ1) is 10.0. The molecular formula is C9H11O3P. The number of rotatable bonds is 2. The van der Waals surface area contributed by atoms with Gasteiger partial charge in [-0.2, -0.15) is 0 Å². The minimum Gasteiger partial charge on any atom is -0.493 e. The van der Waals surface area contributed by atoms with Gasteiger partial charge in [-0.05, 0) is 17.4 Å². The van der Waals surface area contributed by atoms with Crippen LogP contribution < -0.4 is 14.8 Å². The summed E-state index contributed by atoms with van der Waals surface area (Å²) in [6, 6.07) is 5.34. The fourth-order valence-corrected chi connectivity index (χ4v) is 1.18. The van der Waals surface area contributed by atoms with Crippen molar-refractivity contribution in [2.45, 2.75) is 6.92 Å².